The molecule has 1 N–H and O–H groups in total. The highest BCUT2D eigenvalue weighted by atomic mass is 32.1. The molecule has 0 aliphatic carbocycles. The average molecular weight is 464 g/mol. The number of aliphatic hydroxyl groups excluding tert-OH is 1. The van der Waals surface area contributed by atoms with Gasteiger partial charge in [0.15, 0.2) is 0 Å². The Morgan fingerprint density at radius 3 is 2.45 bits per heavy atom. The molecule has 1 aliphatic rings. The fourth-order valence-corrected chi connectivity index (χ4v) is 4.59. The summed E-state index contributed by atoms with van der Waals surface area (Å²) in [5.41, 5.74) is 1.18. The molecule has 7 heteroatoms. The van der Waals surface area contributed by atoms with E-state index in [1.807, 2.05) is 37.4 Å². The Labute approximate surface area is 196 Å². The number of benzene rings is 2. The van der Waals surface area contributed by atoms with Gasteiger partial charge in [-0.3, -0.25) is 9.59 Å². The molecule has 4 rings (SSSR count). The van der Waals surface area contributed by atoms with Crippen LogP contribution in [0.3, 0.4) is 0 Å². The number of likely N-dealkylation sites (tertiary alicyclic amines) is 1. The van der Waals surface area contributed by atoms with Crippen LogP contribution in [0.5, 0.6) is 11.5 Å². The van der Waals surface area contributed by atoms with Gasteiger partial charge in [-0.15, -0.1) is 11.3 Å². The monoisotopic (exact) mass is 463 g/mol. The number of amides is 1. The molecule has 0 spiro atoms. The Morgan fingerprint density at radius 1 is 1.06 bits per heavy atom. The molecule has 1 atom stereocenters. The van der Waals surface area contributed by atoms with Gasteiger partial charge in [0, 0.05) is 10.4 Å². The minimum absolute atomic E-state index is 0.0140. The van der Waals surface area contributed by atoms with Gasteiger partial charge in [-0.05, 0) is 67.3 Å². The second-order valence-corrected chi connectivity index (χ2v) is 9.01. The number of aliphatic hydroxyl groups is 1. The third-order valence-electron chi connectivity index (χ3n) is 5.36. The minimum atomic E-state index is -0.742. The molecule has 3 aromatic rings. The Kier molecular flexibility index (Phi) is 6.51. The minimum Gasteiger partial charge on any atom is -0.507 e. The second-order valence-electron chi connectivity index (χ2n) is 7.97. The van der Waals surface area contributed by atoms with E-state index in [9.17, 15) is 14.7 Å². The second kappa shape index (κ2) is 9.50. The lowest BCUT2D eigenvalue weighted by atomic mass is 9.95. The van der Waals surface area contributed by atoms with Crippen molar-refractivity contribution in [3.05, 3.63) is 87.6 Å². The molecule has 0 bridgehead atoms. The Morgan fingerprint density at radius 2 is 1.82 bits per heavy atom. The molecule has 2 heterocycles. The van der Waals surface area contributed by atoms with Crippen LogP contribution < -0.4 is 9.47 Å². The molecule has 0 saturated carbocycles. The van der Waals surface area contributed by atoms with Crippen LogP contribution in [0.1, 0.15) is 35.9 Å². The SMILES string of the molecule is COc1cccc(C2/C(=C(/O)c3ccc(OC(C)C)cc3)C(=O)C(=O)N2Cc2cccs2)c1. The lowest BCUT2D eigenvalue weighted by molar-refractivity contribution is -0.140. The number of Topliss-reactive ketones (excluding diaryl/α,β-unsaturated/α-hetero) is 1. The van der Waals surface area contributed by atoms with E-state index >= 15 is 0 Å². The summed E-state index contributed by atoms with van der Waals surface area (Å²) in [7, 11) is 1.56. The third kappa shape index (κ3) is 4.64. The highest BCUT2D eigenvalue weighted by Gasteiger charge is 2.46. The molecule has 0 radical (unpaired) electrons. The van der Waals surface area contributed by atoms with E-state index in [4.69, 9.17) is 9.47 Å². The Balaban J connectivity index is 1.81. The van der Waals surface area contributed by atoms with E-state index in [1.165, 1.54) is 16.2 Å². The van der Waals surface area contributed by atoms with Crippen LogP contribution in [0.2, 0.25) is 0 Å². The molecule has 170 valence electrons. The number of hydrogen-bond acceptors (Lipinski definition) is 6. The van der Waals surface area contributed by atoms with Crippen LogP contribution >= 0.6 is 11.3 Å². The number of ketones is 1. The summed E-state index contributed by atoms with van der Waals surface area (Å²) in [5.74, 6) is -0.309. The molecule has 33 heavy (non-hydrogen) atoms. The standard InChI is InChI=1S/C26H25NO5S/c1-16(2)32-19-11-9-17(10-12-19)24(28)22-23(18-6-4-7-20(14-18)31-3)27(26(30)25(22)29)15-21-8-5-13-33-21/h4-14,16,23,28H,15H2,1-3H3/b24-22-. The maximum Gasteiger partial charge on any atom is 0.295 e. The summed E-state index contributed by atoms with van der Waals surface area (Å²) in [6, 6.07) is 17.1. The van der Waals surface area contributed by atoms with Crippen molar-refractivity contribution in [1.82, 2.24) is 4.90 Å². The van der Waals surface area contributed by atoms with Gasteiger partial charge in [0.1, 0.15) is 17.3 Å². The normalized spacial score (nSPS) is 17.6. The number of nitrogens with zero attached hydrogens (tertiary/aromatic N) is 1. The first-order chi connectivity index (χ1) is 15.9. The van der Waals surface area contributed by atoms with Gasteiger partial charge < -0.3 is 19.5 Å². The largest absolute Gasteiger partial charge is 0.507 e. The van der Waals surface area contributed by atoms with Gasteiger partial charge in [0.05, 0.1) is 31.4 Å². The maximum atomic E-state index is 13.1. The maximum absolute atomic E-state index is 13.1. The Hall–Kier alpha value is -3.58. The quantitative estimate of drug-likeness (QED) is 0.297. The van der Waals surface area contributed by atoms with Crippen LogP contribution in [0, 0.1) is 0 Å². The number of ether oxygens (including phenoxy) is 2. The predicted octanol–water partition coefficient (Wildman–Crippen LogP) is 5.17. The first kappa shape index (κ1) is 22.6. The van der Waals surface area contributed by atoms with Gasteiger partial charge in [-0.2, -0.15) is 0 Å². The summed E-state index contributed by atoms with van der Waals surface area (Å²) in [4.78, 5) is 28.7. The first-order valence-corrected chi connectivity index (χ1v) is 11.5. The molecule has 6 nitrogen and oxygen atoms in total. The number of carbonyl (C=O) groups is 2. The summed E-state index contributed by atoms with van der Waals surface area (Å²) in [6.07, 6.45) is 0.0140. The predicted molar refractivity (Wildman–Crippen MR) is 127 cm³/mol. The summed E-state index contributed by atoms with van der Waals surface area (Å²) in [5, 5.41) is 13.1. The average Bonchev–Trinajstić information content (AvgIpc) is 3.41. The first-order valence-electron chi connectivity index (χ1n) is 10.6. The van der Waals surface area contributed by atoms with Crippen molar-refractivity contribution in [2.45, 2.75) is 32.5 Å². The lowest BCUT2D eigenvalue weighted by Crippen LogP contribution is -2.28. The van der Waals surface area contributed by atoms with E-state index < -0.39 is 17.7 Å². The van der Waals surface area contributed by atoms with Crippen LogP contribution in [0.15, 0.2) is 71.6 Å². The van der Waals surface area contributed by atoms with E-state index in [0.717, 1.165) is 4.88 Å². The number of hydrogen-bond donors (Lipinski definition) is 1. The lowest BCUT2D eigenvalue weighted by Gasteiger charge is -2.25. The van der Waals surface area contributed by atoms with Crippen molar-refractivity contribution >= 4 is 28.8 Å². The number of thiophene rings is 1. The van der Waals surface area contributed by atoms with Crippen LogP contribution in [-0.2, 0) is 16.1 Å². The number of methoxy groups -OCH3 is 1. The number of rotatable bonds is 7. The molecular formula is C26H25NO5S. The summed E-state index contributed by atoms with van der Waals surface area (Å²) >= 11 is 1.51. The van der Waals surface area contributed by atoms with Crippen molar-refractivity contribution in [1.29, 1.82) is 0 Å². The molecule has 1 aromatic heterocycles. The highest BCUT2D eigenvalue weighted by molar-refractivity contribution is 7.09. The van der Waals surface area contributed by atoms with E-state index in [-0.39, 0.29) is 24.0 Å². The van der Waals surface area contributed by atoms with Gasteiger partial charge in [0.2, 0.25) is 0 Å². The highest BCUT2D eigenvalue weighted by Crippen LogP contribution is 2.41. The van der Waals surface area contributed by atoms with Crippen LogP contribution in [0.25, 0.3) is 5.76 Å². The van der Waals surface area contributed by atoms with Crippen molar-refractivity contribution < 1.29 is 24.2 Å². The van der Waals surface area contributed by atoms with Gasteiger partial charge >= 0.3 is 0 Å². The zero-order valence-corrected chi connectivity index (χ0v) is 19.5. The fraction of sp³-hybridized carbons (Fsp3) is 0.231. The molecule has 1 amide bonds. The molecule has 1 aliphatic heterocycles. The van der Waals surface area contributed by atoms with Crippen molar-refractivity contribution in [2.75, 3.05) is 7.11 Å². The smallest absolute Gasteiger partial charge is 0.295 e. The molecule has 1 fully saturated rings. The zero-order valence-electron chi connectivity index (χ0n) is 18.6. The zero-order chi connectivity index (χ0) is 23.5. The fourth-order valence-electron chi connectivity index (χ4n) is 3.89. The molecule has 1 saturated heterocycles. The van der Waals surface area contributed by atoms with Gasteiger partial charge in [-0.1, -0.05) is 18.2 Å². The van der Waals surface area contributed by atoms with Crippen molar-refractivity contribution in [3.8, 4) is 11.5 Å². The van der Waals surface area contributed by atoms with Crippen molar-refractivity contribution in [3.63, 3.8) is 0 Å². The molecule has 2 aromatic carbocycles. The van der Waals surface area contributed by atoms with Gasteiger partial charge in [-0.25, -0.2) is 0 Å². The summed E-state index contributed by atoms with van der Waals surface area (Å²) < 4.78 is 11.0. The molecular weight excluding hydrogens is 438 g/mol. The van der Waals surface area contributed by atoms with E-state index in [2.05, 4.69) is 0 Å². The topological polar surface area (TPSA) is 76.1 Å². The number of carbonyl (C=O) groups excluding carboxylic acids is 2. The van der Waals surface area contributed by atoms with Crippen LogP contribution in [-0.4, -0.2) is 34.9 Å². The Bertz CT molecular complexity index is 1180. The summed E-state index contributed by atoms with van der Waals surface area (Å²) in [6.45, 7) is 4.12. The van der Waals surface area contributed by atoms with Crippen molar-refractivity contribution in [2.24, 2.45) is 0 Å². The van der Waals surface area contributed by atoms with E-state index in [1.54, 1.807) is 49.6 Å². The van der Waals surface area contributed by atoms with E-state index in [0.29, 0.717) is 22.6 Å². The van der Waals surface area contributed by atoms with Gasteiger partial charge in [0.25, 0.3) is 11.7 Å². The third-order valence-corrected chi connectivity index (χ3v) is 6.22. The van der Waals surface area contributed by atoms with Crippen LogP contribution in [0.4, 0.5) is 0 Å². The molecule has 1 unspecified atom stereocenters.